The maximum absolute atomic E-state index is 11.0. The molecule has 0 aliphatic rings. The molecule has 0 bridgehead atoms. The van der Waals surface area contributed by atoms with Crippen LogP contribution in [0.2, 0.25) is 0 Å². The lowest BCUT2D eigenvalue weighted by molar-refractivity contribution is -0.130. The molecule has 2 N–H and O–H groups in total. The van der Waals surface area contributed by atoms with E-state index >= 15 is 0 Å². The van der Waals surface area contributed by atoms with Crippen LogP contribution in [0.15, 0.2) is 30.3 Å². The summed E-state index contributed by atoms with van der Waals surface area (Å²) in [4.78, 5) is 29.7. The summed E-state index contributed by atoms with van der Waals surface area (Å²) in [7, 11) is -0.961. The van der Waals surface area contributed by atoms with E-state index < -0.39 is 13.8 Å². The highest BCUT2D eigenvalue weighted by Crippen LogP contribution is 2.35. The van der Waals surface area contributed by atoms with E-state index in [0.29, 0.717) is 0 Å². The van der Waals surface area contributed by atoms with Crippen molar-refractivity contribution in [3.8, 4) is 0 Å². The Balaban J connectivity index is 2.67. The summed E-state index contributed by atoms with van der Waals surface area (Å²) in [6.45, 7) is 0. The minimum absolute atomic E-state index is 0.725. The van der Waals surface area contributed by atoms with Gasteiger partial charge in [-0.25, -0.2) is 9.36 Å². The normalized spacial score (nSPS) is 11.6. The number of phosphoric acid groups is 1. The Morgan fingerprint density at radius 2 is 1.83 bits per heavy atom. The zero-order chi connectivity index (χ0) is 13.8. The van der Waals surface area contributed by atoms with Gasteiger partial charge in [-0.05, 0) is 23.8 Å². The highest BCUT2D eigenvalue weighted by atomic mass is 31.2. The number of benzene rings is 1. The number of nitrogens with zero attached hydrogens (tertiary/aromatic N) is 1. The minimum atomic E-state index is -4.77. The van der Waals surface area contributed by atoms with Gasteiger partial charge in [-0.15, -0.1) is 0 Å². The molecular formula is C11H14NO5P. The summed E-state index contributed by atoms with van der Waals surface area (Å²) in [6.07, 6.45) is 2.38. The zero-order valence-electron chi connectivity index (χ0n) is 9.98. The highest BCUT2D eigenvalue weighted by molar-refractivity contribution is 7.46. The van der Waals surface area contributed by atoms with Gasteiger partial charge in [0.05, 0.1) is 0 Å². The molecule has 0 atom stereocenters. The van der Waals surface area contributed by atoms with E-state index in [1.165, 1.54) is 6.08 Å². The summed E-state index contributed by atoms with van der Waals surface area (Å²) >= 11 is 0. The first kappa shape index (κ1) is 14.4. The average Bonchev–Trinajstić information content (AvgIpc) is 2.24. The monoisotopic (exact) mass is 271 g/mol. The van der Waals surface area contributed by atoms with Crippen molar-refractivity contribution in [2.24, 2.45) is 0 Å². The van der Waals surface area contributed by atoms with E-state index in [1.54, 1.807) is 12.1 Å². The van der Waals surface area contributed by atoms with E-state index in [0.717, 1.165) is 17.3 Å². The van der Waals surface area contributed by atoms with Gasteiger partial charge in [-0.2, -0.15) is 0 Å². The molecule has 0 saturated heterocycles. The molecular weight excluding hydrogens is 257 g/mol. The van der Waals surface area contributed by atoms with Crippen molar-refractivity contribution in [3.63, 3.8) is 0 Å². The molecule has 0 spiro atoms. The van der Waals surface area contributed by atoms with Crippen LogP contribution >= 0.6 is 7.82 Å². The maximum Gasteiger partial charge on any atom is 0.527 e. The molecule has 0 fully saturated rings. The number of carbonyl (C=O) groups is 1. The van der Waals surface area contributed by atoms with Gasteiger partial charge >= 0.3 is 13.8 Å². The van der Waals surface area contributed by atoms with Gasteiger partial charge in [0.25, 0.3) is 0 Å². The lowest BCUT2D eigenvalue weighted by atomic mass is 10.2. The fourth-order valence-electron chi connectivity index (χ4n) is 1.20. The van der Waals surface area contributed by atoms with E-state index in [9.17, 15) is 9.36 Å². The summed E-state index contributed by atoms with van der Waals surface area (Å²) in [5.74, 6) is -1.08. The second kappa shape index (κ2) is 5.82. The maximum atomic E-state index is 11.0. The van der Waals surface area contributed by atoms with Crippen molar-refractivity contribution >= 4 is 25.6 Å². The third-order valence-electron chi connectivity index (χ3n) is 2.03. The second-order valence-electron chi connectivity index (χ2n) is 3.72. The van der Waals surface area contributed by atoms with Crippen molar-refractivity contribution in [2.75, 3.05) is 19.0 Å². The van der Waals surface area contributed by atoms with E-state index in [1.807, 2.05) is 31.1 Å². The topological polar surface area (TPSA) is 87.1 Å². The predicted octanol–water partition coefficient (Wildman–Crippen LogP) is 1.40. The van der Waals surface area contributed by atoms with Gasteiger partial charge in [0, 0.05) is 25.9 Å². The van der Waals surface area contributed by atoms with E-state index in [-0.39, 0.29) is 0 Å². The first-order valence-corrected chi connectivity index (χ1v) is 6.55. The minimum Gasteiger partial charge on any atom is -0.378 e. The number of hydrogen-bond donors (Lipinski definition) is 2. The number of hydrogen-bond acceptors (Lipinski definition) is 4. The van der Waals surface area contributed by atoms with Crippen LogP contribution in [0.3, 0.4) is 0 Å². The summed E-state index contributed by atoms with van der Waals surface area (Å²) in [5, 5.41) is 0. The van der Waals surface area contributed by atoms with Gasteiger partial charge < -0.3 is 9.42 Å². The SMILES string of the molecule is CN(C)c1ccc(C=CC(=O)OP(=O)(O)O)cc1. The molecule has 98 valence electrons. The zero-order valence-corrected chi connectivity index (χ0v) is 10.9. The number of rotatable bonds is 4. The molecule has 0 aromatic heterocycles. The Morgan fingerprint density at radius 3 is 2.28 bits per heavy atom. The fourth-order valence-corrected chi connectivity index (χ4v) is 1.49. The quantitative estimate of drug-likeness (QED) is 0.636. The number of carbonyl (C=O) groups excluding carboxylic acids is 1. The highest BCUT2D eigenvalue weighted by Gasteiger charge is 2.18. The van der Waals surface area contributed by atoms with Crippen LogP contribution in [0.1, 0.15) is 5.56 Å². The third kappa shape index (κ3) is 5.14. The van der Waals surface area contributed by atoms with Crippen molar-refractivity contribution in [1.82, 2.24) is 0 Å². The van der Waals surface area contributed by atoms with Crippen molar-refractivity contribution in [3.05, 3.63) is 35.9 Å². The molecule has 1 rings (SSSR count). The lowest BCUT2D eigenvalue weighted by Crippen LogP contribution is -2.07. The molecule has 0 aliphatic heterocycles. The molecule has 0 aliphatic carbocycles. The van der Waals surface area contributed by atoms with Gasteiger partial charge in [-0.3, -0.25) is 9.79 Å². The average molecular weight is 271 g/mol. The first-order valence-electron chi connectivity index (χ1n) is 5.02. The Kier molecular flexibility index (Phi) is 4.67. The van der Waals surface area contributed by atoms with Gasteiger partial charge in [0.1, 0.15) is 0 Å². The Labute approximate surface area is 105 Å². The van der Waals surface area contributed by atoms with Gasteiger partial charge in [0.15, 0.2) is 0 Å². The van der Waals surface area contributed by atoms with Crippen LogP contribution in [0, 0.1) is 0 Å². The standard InChI is InChI=1S/C11H14NO5P/c1-12(2)10-6-3-9(4-7-10)5-8-11(13)17-18(14,15)16/h3-8H,1-2H3,(H2,14,15,16). The second-order valence-corrected chi connectivity index (χ2v) is 4.88. The molecule has 7 heteroatoms. The van der Waals surface area contributed by atoms with E-state index in [2.05, 4.69) is 4.52 Å². The summed E-state index contributed by atoms with van der Waals surface area (Å²) in [5.41, 5.74) is 1.73. The molecule has 0 unspecified atom stereocenters. The van der Waals surface area contributed by atoms with Crippen LogP contribution in [-0.2, 0) is 13.9 Å². The van der Waals surface area contributed by atoms with Crippen molar-refractivity contribution in [2.45, 2.75) is 0 Å². The number of phosphoric ester groups is 1. The van der Waals surface area contributed by atoms with Gasteiger partial charge in [-0.1, -0.05) is 12.1 Å². The van der Waals surface area contributed by atoms with Crippen LogP contribution in [0.4, 0.5) is 5.69 Å². The Hall–Kier alpha value is -1.62. The Morgan fingerprint density at radius 1 is 1.28 bits per heavy atom. The third-order valence-corrected chi connectivity index (χ3v) is 2.45. The Bertz CT molecular complexity index is 489. The molecule has 0 saturated carbocycles. The molecule has 1 aromatic rings. The summed E-state index contributed by atoms with van der Waals surface area (Å²) in [6, 6.07) is 7.26. The van der Waals surface area contributed by atoms with Crippen LogP contribution in [0.5, 0.6) is 0 Å². The molecule has 0 radical (unpaired) electrons. The smallest absolute Gasteiger partial charge is 0.378 e. The van der Waals surface area contributed by atoms with Crippen LogP contribution < -0.4 is 4.90 Å². The number of anilines is 1. The van der Waals surface area contributed by atoms with Crippen LogP contribution in [-0.4, -0.2) is 29.9 Å². The molecule has 0 heterocycles. The predicted molar refractivity (Wildman–Crippen MR) is 67.9 cm³/mol. The molecule has 18 heavy (non-hydrogen) atoms. The fraction of sp³-hybridized carbons (Fsp3) is 0.182. The van der Waals surface area contributed by atoms with E-state index in [4.69, 9.17) is 9.79 Å². The summed E-state index contributed by atoms with van der Waals surface area (Å²) < 4.78 is 14.2. The van der Waals surface area contributed by atoms with Crippen molar-refractivity contribution < 1.29 is 23.7 Å². The van der Waals surface area contributed by atoms with Crippen LogP contribution in [0.25, 0.3) is 6.08 Å². The largest absolute Gasteiger partial charge is 0.527 e. The van der Waals surface area contributed by atoms with Crippen molar-refractivity contribution in [1.29, 1.82) is 0 Å². The molecule has 1 aromatic carbocycles. The lowest BCUT2D eigenvalue weighted by Gasteiger charge is -2.11. The van der Waals surface area contributed by atoms with Gasteiger partial charge in [0.2, 0.25) is 0 Å². The first-order chi connectivity index (χ1) is 8.28. The molecule has 6 nitrogen and oxygen atoms in total. The molecule has 0 amide bonds.